The smallest absolute Gasteiger partial charge is 0.294 e. The number of benzene rings is 1. The molecular formula is C17H14F3N3O. The molecule has 0 radical (unpaired) electrons. The maximum atomic E-state index is 13.3. The normalized spacial score (nSPS) is 16.6. The van der Waals surface area contributed by atoms with Crippen molar-refractivity contribution >= 4 is 5.78 Å². The van der Waals surface area contributed by atoms with E-state index in [-0.39, 0.29) is 17.7 Å². The number of alkyl halides is 3. The van der Waals surface area contributed by atoms with Gasteiger partial charge in [-0.05, 0) is 36.1 Å². The van der Waals surface area contributed by atoms with Crippen molar-refractivity contribution < 1.29 is 18.0 Å². The fourth-order valence-corrected chi connectivity index (χ4v) is 3.04. The zero-order valence-corrected chi connectivity index (χ0v) is 13.1. The quantitative estimate of drug-likeness (QED) is 0.795. The van der Waals surface area contributed by atoms with Gasteiger partial charge in [-0.25, -0.2) is 4.68 Å². The first-order chi connectivity index (χ1) is 11.1. The van der Waals surface area contributed by atoms with Gasteiger partial charge in [0.15, 0.2) is 11.5 Å². The molecule has 2 aromatic rings. The van der Waals surface area contributed by atoms with E-state index in [1.165, 1.54) is 28.9 Å². The Balaban J connectivity index is 2.24. The minimum atomic E-state index is -4.70. The number of nitrogens with zero attached hydrogens (tertiary/aromatic N) is 3. The molecule has 3 rings (SSSR count). The zero-order valence-electron chi connectivity index (χ0n) is 13.1. The minimum Gasteiger partial charge on any atom is -0.294 e. The molecule has 0 N–H and O–H groups in total. The number of rotatable bonds is 1. The van der Waals surface area contributed by atoms with Gasteiger partial charge in [0.2, 0.25) is 0 Å². The van der Waals surface area contributed by atoms with E-state index >= 15 is 0 Å². The fourth-order valence-electron chi connectivity index (χ4n) is 3.04. The molecule has 1 heterocycles. The molecule has 4 nitrogen and oxygen atoms in total. The van der Waals surface area contributed by atoms with E-state index in [1.807, 2.05) is 19.9 Å². The third-order valence-electron chi connectivity index (χ3n) is 4.05. The van der Waals surface area contributed by atoms with Gasteiger partial charge in [0.25, 0.3) is 0 Å². The van der Waals surface area contributed by atoms with Gasteiger partial charge >= 0.3 is 6.18 Å². The number of fused-ring (bicyclic) bond motifs is 1. The lowest BCUT2D eigenvalue weighted by molar-refractivity contribution is -0.141. The zero-order chi connectivity index (χ0) is 17.7. The summed E-state index contributed by atoms with van der Waals surface area (Å²) in [6.45, 7) is 3.69. The molecule has 1 aromatic carbocycles. The summed E-state index contributed by atoms with van der Waals surface area (Å²) in [5.74, 6) is -0.534. The first-order valence-corrected chi connectivity index (χ1v) is 7.35. The summed E-state index contributed by atoms with van der Waals surface area (Å²) in [6.07, 6.45) is -4.32. The Morgan fingerprint density at radius 2 is 1.83 bits per heavy atom. The van der Waals surface area contributed by atoms with Crippen LogP contribution >= 0.6 is 0 Å². The van der Waals surface area contributed by atoms with Gasteiger partial charge in [-0.15, -0.1) is 0 Å². The van der Waals surface area contributed by atoms with Crippen LogP contribution < -0.4 is 0 Å². The lowest BCUT2D eigenvalue weighted by atomic mass is 9.75. The predicted molar refractivity (Wildman–Crippen MR) is 79.7 cm³/mol. The van der Waals surface area contributed by atoms with Gasteiger partial charge in [-0.1, -0.05) is 13.8 Å². The van der Waals surface area contributed by atoms with Crippen LogP contribution in [-0.4, -0.2) is 15.6 Å². The Bertz CT molecular complexity index is 855. The second-order valence-corrected chi connectivity index (χ2v) is 6.68. The van der Waals surface area contributed by atoms with Crippen molar-refractivity contribution in [3.63, 3.8) is 0 Å². The molecular weight excluding hydrogens is 319 g/mol. The number of carbonyl (C=O) groups excluding carboxylic acids is 1. The number of aromatic nitrogens is 2. The summed E-state index contributed by atoms with van der Waals surface area (Å²) < 4.78 is 41.1. The van der Waals surface area contributed by atoms with Crippen molar-refractivity contribution in [2.24, 2.45) is 5.41 Å². The summed E-state index contributed by atoms with van der Waals surface area (Å²) in [5, 5.41) is 12.5. The lowest BCUT2D eigenvalue weighted by Gasteiger charge is -2.29. The standard InChI is InChI=1S/C17H14F3N3O/c1-16(2)7-12-14(13(24)8-16)15(17(18,19)20)22-23(12)11-5-3-10(9-21)4-6-11/h3-6H,7-8H2,1-2H3. The number of halogens is 3. The van der Waals surface area contributed by atoms with Crippen molar-refractivity contribution in [2.45, 2.75) is 32.9 Å². The lowest BCUT2D eigenvalue weighted by Crippen LogP contribution is -2.29. The average molecular weight is 333 g/mol. The second-order valence-electron chi connectivity index (χ2n) is 6.68. The van der Waals surface area contributed by atoms with Crippen LogP contribution in [0.25, 0.3) is 5.69 Å². The molecule has 0 saturated heterocycles. The Hall–Kier alpha value is -2.62. The van der Waals surface area contributed by atoms with Gasteiger partial charge in [0.05, 0.1) is 28.6 Å². The van der Waals surface area contributed by atoms with Gasteiger partial charge in [0, 0.05) is 6.42 Å². The van der Waals surface area contributed by atoms with Crippen LogP contribution in [0, 0.1) is 16.7 Å². The maximum absolute atomic E-state index is 13.3. The van der Waals surface area contributed by atoms with Gasteiger partial charge < -0.3 is 0 Å². The van der Waals surface area contributed by atoms with Crippen molar-refractivity contribution in [1.82, 2.24) is 9.78 Å². The van der Waals surface area contributed by atoms with E-state index in [9.17, 15) is 18.0 Å². The van der Waals surface area contributed by atoms with Crippen LogP contribution in [-0.2, 0) is 12.6 Å². The molecule has 0 spiro atoms. The van der Waals surface area contributed by atoms with E-state index in [2.05, 4.69) is 5.10 Å². The van der Waals surface area contributed by atoms with Crippen molar-refractivity contribution in [3.05, 3.63) is 46.8 Å². The number of ketones is 1. The minimum absolute atomic E-state index is 0.0577. The molecule has 24 heavy (non-hydrogen) atoms. The summed E-state index contributed by atoms with van der Waals surface area (Å²) in [6, 6.07) is 8.02. The van der Waals surface area contributed by atoms with Crippen molar-refractivity contribution in [2.75, 3.05) is 0 Å². The number of nitriles is 1. The molecule has 0 amide bonds. The highest BCUT2D eigenvalue weighted by Gasteiger charge is 2.45. The summed E-state index contributed by atoms with van der Waals surface area (Å²) >= 11 is 0. The van der Waals surface area contributed by atoms with Gasteiger partial charge in [-0.2, -0.15) is 23.5 Å². The Kier molecular flexibility index (Phi) is 3.52. The van der Waals surface area contributed by atoms with Crippen LogP contribution in [0.1, 0.15) is 47.6 Å². The topological polar surface area (TPSA) is 58.7 Å². The molecule has 0 unspecified atom stereocenters. The number of Topliss-reactive ketones (excluding diaryl/α,β-unsaturated/α-hetero) is 1. The molecule has 7 heteroatoms. The molecule has 0 saturated carbocycles. The van der Waals surface area contributed by atoms with Gasteiger partial charge in [-0.3, -0.25) is 4.79 Å². The SMILES string of the molecule is CC1(C)CC(=O)c2c(C(F)(F)F)nn(-c3ccc(C#N)cc3)c2C1. The Morgan fingerprint density at radius 1 is 1.21 bits per heavy atom. The first-order valence-electron chi connectivity index (χ1n) is 7.35. The molecule has 1 aromatic heterocycles. The number of hydrogen-bond acceptors (Lipinski definition) is 3. The van der Waals surface area contributed by atoms with Crippen molar-refractivity contribution in [1.29, 1.82) is 5.26 Å². The largest absolute Gasteiger partial charge is 0.435 e. The van der Waals surface area contributed by atoms with Crippen LogP contribution in [0.5, 0.6) is 0 Å². The molecule has 0 aliphatic heterocycles. The molecule has 0 bridgehead atoms. The number of carbonyl (C=O) groups is 1. The molecule has 0 atom stereocenters. The summed E-state index contributed by atoms with van der Waals surface area (Å²) in [7, 11) is 0. The molecule has 124 valence electrons. The van der Waals surface area contributed by atoms with Gasteiger partial charge in [0.1, 0.15) is 0 Å². The highest BCUT2D eigenvalue weighted by Crippen LogP contribution is 2.41. The highest BCUT2D eigenvalue weighted by atomic mass is 19.4. The monoisotopic (exact) mass is 333 g/mol. The van der Waals surface area contributed by atoms with E-state index in [0.717, 1.165) is 0 Å². The van der Waals surface area contributed by atoms with E-state index in [4.69, 9.17) is 5.26 Å². The van der Waals surface area contributed by atoms with Crippen LogP contribution in [0.3, 0.4) is 0 Å². The fraction of sp³-hybridized carbons (Fsp3) is 0.353. The van der Waals surface area contributed by atoms with Crippen LogP contribution in [0.4, 0.5) is 13.2 Å². The van der Waals surface area contributed by atoms with Crippen LogP contribution in [0.15, 0.2) is 24.3 Å². The Morgan fingerprint density at radius 3 is 2.38 bits per heavy atom. The predicted octanol–water partition coefficient (Wildman–Crippen LogP) is 3.92. The van der Waals surface area contributed by atoms with Crippen molar-refractivity contribution in [3.8, 4) is 11.8 Å². The number of hydrogen-bond donors (Lipinski definition) is 0. The average Bonchev–Trinajstić information content (AvgIpc) is 2.85. The molecule has 1 aliphatic carbocycles. The molecule has 0 fully saturated rings. The van der Waals surface area contributed by atoms with E-state index in [1.54, 1.807) is 0 Å². The van der Waals surface area contributed by atoms with E-state index < -0.39 is 23.1 Å². The third-order valence-corrected chi connectivity index (χ3v) is 4.05. The van der Waals surface area contributed by atoms with E-state index in [0.29, 0.717) is 17.7 Å². The first kappa shape index (κ1) is 16.2. The van der Waals surface area contributed by atoms with Crippen LogP contribution in [0.2, 0.25) is 0 Å². The highest BCUT2D eigenvalue weighted by molar-refractivity contribution is 6.00. The summed E-state index contributed by atoms with van der Waals surface area (Å²) in [5.41, 5.74) is -0.836. The molecule has 1 aliphatic rings. The second kappa shape index (κ2) is 5.20. The summed E-state index contributed by atoms with van der Waals surface area (Å²) in [4.78, 5) is 12.3. The maximum Gasteiger partial charge on any atom is 0.435 e. The third kappa shape index (κ3) is 2.68. The Labute approximate surface area is 136 Å².